The first kappa shape index (κ1) is 20.8. The molecule has 0 aliphatic carbocycles. The predicted octanol–water partition coefficient (Wildman–Crippen LogP) is 4.87. The number of hydrogen-bond acceptors (Lipinski definition) is 5. The number of hydrogen-bond donors (Lipinski definition) is 2. The Morgan fingerprint density at radius 2 is 1.83 bits per heavy atom. The fourth-order valence-electron chi connectivity index (χ4n) is 2.31. The molecule has 0 aliphatic rings. The van der Waals surface area contributed by atoms with Gasteiger partial charge in [0.2, 0.25) is 5.95 Å². The number of nitrogens with zero attached hydrogens (tertiary/aromatic N) is 3. The van der Waals surface area contributed by atoms with Crippen molar-refractivity contribution in [1.82, 2.24) is 20.3 Å². The minimum Gasteiger partial charge on any atom is -0.348 e. The molecular weight excluding hydrogens is 430 g/mol. The molecule has 2 N–H and O–H groups in total. The van der Waals surface area contributed by atoms with Gasteiger partial charge in [0.25, 0.3) is 5.91 Å². The van der Waals surface area contributed by atoms with E-state index in [2.05, 4.69) is 25.6 Å². The van der Waals surface area contributed by atoms with Crippen molar-refractivity contribution < 1.29 is 18.0 Å². The number of carbonyl (C=O) groups is 1. The number of pyridine rings is 1. The first-order valence-electron chi connectivity index (χ1n) is 8.07. The zero-order valence-corrected chi connectivity index (χ0v) is 16.0. The number of rotatable bonds is 5. The summed E-state index contributed by atoms with van der Waals surface area (Å²) in [7, 11) is 0. The summed E-state index contributed by atoms with van der Waals surface area (Å²) in [6.07, 6.45) is -1.04. The highest BCUT2D eigenvalue weighted by molar-refractivity contribution is 6.36. The minimum absolute atomic E-state index is 0.0268. The molecule has 0 radical (unpaired) electrons. The lowest BCUT2D eigenvalue weighted by Gasteiger charge is -2.14. The van der Waals surface area contributed by atoms with Crippen LogP contribution in [0, 0.1) is 0 Å². The third-order valence-corrected chi connectivity index (χ3v) is 4.23. The number of nitrogens with one attached hydrogen (secondary N) is 2. The van der Waals surface area contributed by atoms with E-state index in [1.54, 1.807) is 12.1 Å². The minimum atomic E-state index is -4.87. The van der Waals surface area contributed by atoms with Gasteiger partial charge in [-0.25, -0.2) is 9.97 Å². The summed E-state index contributed by atoms with van der Waals surface area (Å²) in [5, 5.41) is 5.53. The molecule has 1 amide bonds. The fourth-order valence-corrected chi connectivity index (χ4v) is 2.77. The predicted molar refractivity (Wildman–Crippen MR) is 102 cm³/mol. The van der Waals surface area contributed by atoms with Crippen LogP contribution < -0.4 is 10.6 Å². The SMILES string of the molecule is O=C(NCc1ccncc1)c1cnc(Nc2ccc(Cl)cc2Cl)nc1C(F)(F)F. The molecule has 2 aromatic heterocycles. The van der Waals surface area contributed by atoms with E-state index in [9.17, 15) is 18.0 Å². The highest BCUT2D eigenvalue weighted by Crippen LogP contribution is 2.32. The molecule has 29 heavy (non-hydrogen) atoms. The maximum absolute atomic E-state index is 13.5. The number of benzene rings is 1. The summed E-state index contributed by atoms with van der Waals surface area (Å²) in [6, 6.07) is 7.64. The molecule has 0 fully saturated rings. The van der Waals surface area contributed by atoms with Crippen molar-refractivity contribution in [2.24, 2.45) is 0 Å². The summed E-state index contributed by atoms with van der Waals surface area (Å²) in [5.74, 6) is -1.32. The molecule has 1 aromatic carbocycles. The maximum Gasteiger partial charge on any atom is 0.434 e. The van der Waals surface area contributed by atoms with Gasteiger partial charge in [-0.2, -0.15) is 13.2 Å². The molecular formula is C18H12Cl2F3N5O. The van der Waals surface area contributed by atoms with E-state index in [1.807, 2.05) is 0 Å². The average Bonchev–Trinajstić information content (AvgIpc) is 2.68. The van der Waals surface area contributed by atoms with Gasteiger partial charge in [0.1, 0.15) is 0 Å². The fraction of sp³-hybridized carbons (Fsp3) is 0.111. The zero-order valence-electron chi connectivity index (χ0n) is 14.5. The molecule has 150 valence electrons. The van der Waals surface area contributed by atoms with E-state index in [0.717, 1.165) is 6.20 Å². The van der Waals surface area contributed by atoms with Crippen molar-refractivity contribution in [3.8, 4) is 0 Å². The van der Waals surface area contributed by atoms with Crippen LogP contribution in [0.4, 0.5) is 24.8 Å². The van der Waals surface area contributed by atoms with Gasteiger partial charge < -0.3 is 10.6 Å². The Hall–Kier alpha value is -2.91. The topological polar surface area (TPSA) is 79.8 Å². The van der Waals surface area contributed by atoms with Crippen molar-refractivity contribution in [3.05, 3.63) is 75.8 Å². The summed E-state index contributed by atoms with van der Waals surface area (Å²) >= 11 is 11.8. The first-order chi connectivity index (χ1) is 13.7. The molecule has 3 aromatic rings. The molecule has 6 nitrogen and oxygen atoms in total. The number of carbonyl (C=O) groups excluding carboxylic acids is 1. The maximum atomic E-state index is 13.5. The largest absolute Gasteiger partial charge is 0.434 e. The van der Waals surface area contributed by atoms with Crippen LogP contribution in [0.25, 0.3) is 0 Å². The van der Waals surface area contributed by atoms with Crippen molar-refractivity contribution in [2.75, 3.05) is 5.32 Å². The number of amides is 1. The highest BCUT2D eigenvalue weighted by atomic mass is 35.5. The molecule has 0 bridgehead atoms. The molecule has 11 heteroatoms. The zero-order chi connectivity index (χ0) is 21.0. The van der Waals surface area contributed by atoms with Gasteiger partial charge in [0.15, 0.2) is 5.69 Å². The Morgan fingerprint density at radius 1 is 1.10 bits per heavy atom. The van der Waals surface area contributed by atoms with E-state index >= 15 is 0 Å². The van der Waals surface area contributed by atoms with Crippen molar-refractivity contribution in [2.45, 2.75) is 12.7 Å². The van der Waals surface area contributed by atoms with Crippen molar-refractivity contribution in [1.29, 1.82) is 0 Å². The van der Waals surface area contributed by atoms with Gasteiger partial charge in [-0.3, -0.25) is 9.78 Å². The standard InChI is InChI=1S/C18H12Cl2F3N5O/c19-11-1-2-14(13(20)7-11)27-17-26-9-12(15(28-17)18(21,22)23)16(29)25-8-10-3-5-24-6-4-10/h1-7,9H,8H2,(H,25,29)(H,26,27,28). The van der Waals surface area contributed by atoms with Crippen molar-refractivity contribution >= 4 is 40.7 Å². The van der Waals surface area contributed by atoms with Gasteiger partial charge in [0.05, 0.1) is 16.3 Å². The van der Waals surface area contributed by atoms with Gasteiger partial charge >= 0.3 is 6.18 Å². The van der Waals surface area contributed by atoms with Gasteiger partial charge in [-0.05, 0) is 35.9 Å². The normalized spacial score (nSPS) is 11.2. The molecule has 0 saturated carbocycles. The lowest BCUT2D eigenvalue weighted by molar-refractivity contribution is -0.141. The Bertz CT molecular complexity index is 1030. The molecule has 0 aliphatic heterocycles. The van der Waals surface area contributed by atoms with E-state index in [1.165, 1.54) is 30.6 Å². The second-order valence-electron chi connectivity index (χ2n) is 5.74. The van der Waals surface area contributed by atoms with Gasteiger partial charge in [0, 0.05) is 30.2 Å². The third kappa shape index (κ3) is 5.33. The van der Waals surface area contributed by atoms with Crippen LogP contribution in [0.3, 0.4) is 0 Å². The quantitative estimate of drug-likeness (QED) is 0.590. The van der Waals surface area contributed by atoms with Gasteiger partial charge in [-0.15, -0.1) is 0 Å². The van der Waals surface area contributed by atoms with E-state index in [-0.39, 0.29) is 23.2 Å². The van der Waals surface area contributed by atoms with Crippen LogP contribution in [0.15, 0.2) is 48.9 Å². The summed E-state index contributed by atoms with van der Waals surface area (Å²) in [5.41, 5.74) is -1.12. The summed E-state index contributed by atoms with van der Waals surface area (Å²) in [6.45, 7) is 0.0268. The first-order valence-corrected chi connectivity index (χ1v) is 8.83. The Morgan fingerprint density at radius 3 is 2.48 bits per heavy atom. The van der Waals surface area contributed by atoms with Gasteiger partial charge in [-0.1, -0.05) is 23.2 Å². The summed E-state index contributed by atoms with van der Waals surface area (Å²) < 4.78 is 40.4. The second kappa shape index (κ2) is 8.62. The Labute approximate surface area is 173 Å². The van der Waals surface area contributed by atoms with Crippen LogP contribution >= 0.6 is 23.2 Å². The van der Waals surface area contributed by atoms with E-state index < -0.39 is 23.3 Å². The Kier molecular flexibility index (Phi) is 6.19. The summed E-state index contributed by atoms with van der Waals surface area (Å²) in [4.78, 5) is 23.4. The molecule has 0 unspecified atom stereocenters. The lowest BCUT2D eigenvalue weighted by atomic mass is 10.2. The van der Waals surface area contributed by atoms with Crippen LogP contribution in [-0.4, -0.2) is 20.9 Å². The lowest BCUT2D eigenvalue weighted by Crippen LogP contribution is -2.27. The van der Waals surface area contributed by atoms with Crippen LogP contribution in [0.5, 0.6) is 0 Å². The second-order valence-corrected chi connectivity index (χ2v) is 6.58. The smallest absolute Gasteiger partial charge is 0.348 e. The highest BCUT2D eigenvalue weighted by Gasteiger charge is 2.38. The van der Waals surface area contributed by atoms with E-state index in [4.69, 9.17) is 23.2 Å². The molecule has 0 saturated heterocycles. The van der Waals surface area contributed by atoms with Crippen LogP contribution in [-0.2, 0) is 12.7 Å². The average molecular weight is 442 g/mol. The van der Waals surface area contributed by atoms with Crippen LogP contribution in [0.2, 0.25) is 10.0 Å². The number of alkyl halides is 3. The monoisotopic (exact) mass is 441 g/mol. The number of anilines is 2. The molecule has 0 atom stereocenters. The molecule has 3 rings (SSSR count). The van der Waals surface area contributed by atoms with Crippen molar-refractivity contribution in [3.63, 3.8) is 0 Å². The number of halogens is 5. The molecule has 0 spiro atoms. The number of aromatic nitrogens is 3. The third-order valence-electron chi connectivity index (χ3n) is 3.68. The molecule has 2 heterocycles. The van der Waals surface area contributed by atoms with Crippen LogP contribution in [0.1, 0.15) is 21.6 Å². The van der Waals surface area contributed by atoms with E-state index in [0.29, 0.717) is 10.6 Å². The Balaban J connectivity index is 1.85.